The highest BCUT2D eigenvalue weighted by atomic mass is 16.6. The number of benzene rings is 1. The summed E-state index contributed by atoms with van der Waals surface area (Å²) in [6, 6.07) is 7.13. The van der Waals surface area contributed by atoms with E-state index in [-0.39, 0.29) is 11.8 Å². The van der Waals surface area contributed by atoms with Crippen molar-refractivity contribution in [3.63, 3.8) is 0 Å². The minimum Gasteiger partial charge on any atom is -0.486 e. The van der Waals surface area contributed by atoms with Crippen LogP contribution in [0.2, 0.25) is 0 Å². The van der Waals surface area contributed by atoms with Crippen LogP contribution in [-0.2, 0) is 11.3 Å². The lowest BCUT2D eigenvalue weighted by atomic mass is 10.0. The Hall–Kier alpha value is -2.67. The lowest BCUT2D eigenvalue weighted by molar-refractivity contribution is 0.0779. The summed E-state index contributed by atoms with van der Waals surface area (Å²) in [5.41, 5.74) is 1.24. The summed E-state index contributed by atoms with van der Waals surface area (Å²) in [6.07, 6.45) is 3.79. The van der Waals surface area contributed by atoms with Crippen molar-refractivity contribution in [3.05, 3.63) is 47.5 Å². The number of amides is 1. The number of fused-ring (bicyclic) bond motifs is 1. The van der Waals surface area contributed by atoms with Crippen LogP contribution in [0.15, 0.2) is 30.5 Å². The highest BCUT2D eigenvalue weighted by molar-refractivity contribution is 5.97. The van der Waals surface area contributed by atoms with Gasteiger partial charge >= 0.3 is 0 Å². The largest absolute Gasteiger partial charge is 0.486 e. The van der Waals surface area contributed by atoms with Crippen LogP contribution in [0.3, 0.4) is 0 Å². The summed E-state index contributed by atoms with van der Waals surface area (Å²) < 4.78 is 16.6. The molecule has 2 aromatic rings. The van der Waals surface area contributed by atoms with E-state index in [9.17, 15) is 4.79 Å². The quantitative estimate of drug-likeness (QED) is 0.904. The molecule has 1 saturated heterocycles. The third kappa shape index (κ3) is 3.62. The zero-order valence-electron chi connectivity index (χ0n) is 14.4. The molecule has 1 atom stereocenters. The molecule has 0 bridgehead atoms. The molecule has 1 N–H and O–H groups in total. The Bertz CT molecular complexity index is 790. The fourth-order valence-electron chi connectivity index (χ4n) is 3.17. The van der Waals surface area contributed by atoms with E-state index in [1.54, 1.807) is 24.4 Å². The van der Waals surface area contributed by atoms with Gasteiger partial charge in [-0.15, -0.1) is 0 Å². The van der Waals surface area contributed by atoms with Gasteiger partial charge in [0.1, 0.15) is 19.0 Å². The van der Waals surface area contributed by atoms with Crippen LogP contribution in [0.25, 0.3) is 0 Å². The average molecular weight is 355 g/mol. The van der Waals surface area contributed by atoms with E-state index in [4.69, 9.17) is 14.2 Å². The van der Waals surface area contributed by atoms with Crippen LogP contribution in [0.5, 0.6) is 11.5 Å². The Kier molecular flexibility index (Phi) is 4.97. The van der Waals surface area contributed by atoms with Gasteiger partial charge in [0.05, 0.1) is 24.4 Å². The van der Waals surface area contributed by atoms with Gasteiger partial charge in [-0.2, -0.15) is 0 Å². The Labute approximate surface area is 151 Å². The van der Waals surface area contributed by atoms with E-state index in [2.05, 4.69) is 15.3 Å². The maximum atomic E-state index is 12.6. The summed E-state index contributed by atoms with van der Waals surface area (Å²) >= 11 is 0. The van der Waals surface area contributed by atoms with Gasteiger partial charge in [-0.1, -0.05) is 6.07 Å². The lowest BCUT2D eigenvalue weighted by Gasteiger charge is -2.21. The van der Waals surface area contributed by atoms with Crippen molar-refractivity contribution in [2.24, 2.45) is 0 Å². The molecule has 2 aliphatic rings. The van der Waals surface area contributed by atoms with Gasteiger partial charge in [-0.3, -0.25) is 4.79 Å². The van der Waals surface area contributed by atoms with Gasteiger partial charge in [0, 0.05) is 18.7 Å². The van der Waals surface area contributed by atoms with Crippen molar-refractivity contribution in [3.8, 4) is 11.5 Å². The standard InChI is InChI=1S/C19H21N3O4/c23-19(15-4-1-5-16-17(15)26-10-9-25-16)21-11-14-6-7-20-18(22-14)13-3-2-8-24-12-13/h1,4-7,13H,2-3,8-12H2,(H,21,23)/t13-/m1/s1. The van der Waals surface area contributed by atoms with Crippen molar-refractivity contribution < 1.29 is 19.0 Å². The van der Waals surface area contributed by atoms with E-state index >= 15 is 0 Å². The number of rotatable bonds is 4. The number of aromatic nitrogens is 2. The fourth-order valence-corrected chi connectivity index (χ4v) is 3.17. The third-order valence-electron chi connectivity index (χ3n) is 4.50. The molecule has 7 heteroatoms. The molecular formula is C19H21N3O4. The van der Waals surface area contributed by atoms with Gasteiger partial charge in [0.2, 0.25) is 0 Å². The number of hydrogen-bond acceptors (Lipinski definition) is 6. The van der Waals surface area contributed by atoms with Crippen LogP contribution in [0.4, 0.5) is 0 Å². The molecule has 0 aliphatic carbocycles. The Morgan fingerprint density at radius 1 is 1.19 bits per heavy atom. The molecule has 7 nitrogen and oxygen atoms in total. The summed E-state index contributed by atoms with van der Waals surface area (Å²) in [6.45, 7) is 2.72. The molecule has 1 fully saturated rings. The molecule has 1 amide bonds. The molecule has 0 radical (unpaired) electrons. The normalized spacial score (nSPS) is 19.0. The molecule has 0 unspecified atom stereocenters. The van der Waals surface area contributed by atoms with Crippen LogP contribution in [0.1, 0.15) is 40.6 Å². The van der Waals surface area contributed by atoms with Gasteiger partial charge in [0.15, 0.2) is 11.5 Å². The predicted octanol–water partition coefficient (Wildman–Crippen LogP) is 2.07. The monoisotopic (exact) mass is 355 g/mol. The first-order chi connectivity index (χ1) is 12.8. The van der Waals surface area contributed by atoms with Gasteiger partial charge in [-0.25, -0.2) is 9.97 Å². The Morgan fingerprint density at radius 2 is 2.12 bits per heavy atom. The predicted molar refractivity (Wildman–Crippen MR) is 93.4 cm³/mol. The number of nitrogens with one attached hydrogen (secondary N) is 1. The summed E-state index contributed by atoms with van der Waals surface area (Å²) in [5, 5.41) is 2.90. The van der Waals surface area contributed by atoms with Crippen molar-refractivity contribution in [2.75, 3.05) is 26.4 Å². The highest BCUT2D eigenvalue weighted by Crippen LogP contribution is 2.33. The smallest absolute Gasteiger partial charge is 0.255 e. The highest BCUT2D eigenvalue weighted by Gasteiger charge is 2.21. The van der Waals surface area contributed by atoms with Gasteiger partial charge < -0.3 is 19.5 Å². The maximum absolute atomic E-state index is 12.6. The summed E-state index contributed by atoms with van der Waals surface area (Å²) in [5.74, 6) is 1.90. The number of carbonyl (C=O) groups excluding carboxylic acids is 1. The first kappa shape index (κ1) is 16.8. The minimum absolute atomic E-state index is 0.214. The molecule has 26 heavy (non-hydrogen) atoms. The minimum atomic E-state index is -0.214. The van der Waals surface area contributed by atoms with E-state index in [1.807, 2.05) is 6.07 Å². The van der Waals surface area contributed by atoms with Crippen LogP contribution >= 0.6 is 0 Å². The van der Waals surface area contributed by atoms with Crippen molar-refractivity contribution in [1.29, 1.82) is 0 Å². The SMILES string of the molecule is O=C(NCc1ccnc([C@@H]2CCCOC2)n1)c1cccc2c1OCCO2. The van der Waals surface area contributed by atoms with Crippen molar-refractivity contribution in [2.45, 2.75) is 25.3 Å². The van der Waals surface area contributed by atoms with Crippen LogP contribution < -0.4 is 14.8 Å². The zero-order valence-corrected chi connectivity index (χ0v) is 14.4. The molecule has 136 valence electrons. The number of carbonyl (C=O) groups is 1. The summed E-state index contributed by atoms with van der Waals surface area (Å²) in [7, 11) is 0. The molecule has 0 spiro atoms. The van der Waals surface area contributed by atoms with Gasteiger partial charge in [-0.05, 0) is 31.0 Å². The van der Waals surface area contributed by atoms with E-state index in [0.717, 1.165) is 31.0 Å². The summed E-state index contributed by atoms with van der Waals surface area (Å²) in [4.78, 5) is 21.5. The third-order valence-corrected chi connectivity index (χ3v) is 4.50. The molecule has 1 aromatic heterocycles. The molecule has 1 aromatic carbocycles. The zero-order chi connectivity index (χ0) is 17.8. The van der Waals surface area contributed by atoms with Gasteiger partial charge in [0.25, 0.3) is 5.91 Å². The topological polar surface area (TPSA) is 82.6 Å². The van der Waals surface area contributed by atoms with Crippen molar-refractivity contribution >= 4 is 5.91 Å². The average Bonchev–Trinajstić information content (AvgIpc) is 2.72. The number of nitrogens with zero attached hydrogens (tertiary/aromatic N) is 2. The second-order valence-electron chi connectivity index (χ2n) is 6.33. The maximum Gasteiger partial charge on any atom is 0.255 e. The second kappa shape index (κ2) is 7.70. The number of ether oxygens (including phenoxy) is 3. The van der Waals surface area contributed by atoms with E-state index in [0.29, 0.717) is 43.4 Å². The molecule has 2 aliphatic heterocycles. The first-order valence-electron chi connectivity index (χ1n) is 8.87. The molecule has 4 rings (SSSR count). The Balaban J connectivity index is 1.43. The second-order valence-corrected chi connectivity index (χ2v) is 6.33. The fraction of sp³-hybridized carbons (Fsp3) is 0.421. The van der Waals surface area contributed by atoms with Crippen LogP contribution in [0, 0.1) is 0 Å². The van der Waals surface area contributed by atoms with E-state index in [1.165, 1.54) is 0 Å². The molecular weight excluding hydrogens is 334 g/mol. The Morgan fingerprint density at radius 3 is 3.00 bits per heavy atom. The number of hydrogen-bond donors (Lipinski definition) is 1. The van der Waals surface area contributed by atoms with Crippen LogP contribution in [-0.4, -0.2) is 42.3 Å². The molecule has 3 heterocycles. The number of para-hydroxylation sites is 1. The van der Waals surface area contributed by atoms with E-state index < -0.39 is 0 Å². The first-order valence-corrected chi connectivity index (χ1v) is 8.87. The lowest BCUT2D eigenvalue weighted by Crippen LogP contribution is -2.26. The molecule has 0 saturated carbocycles. The van der Waals surface area contributed by atoms with Crippen molar-refractivity contribution in [1.82, 2.24) is 15.3 Å².